The van der Waals surface area contributed by atoms with E-state index in [1.165, 1.54) is 0 Å². The fourth-order valence-corrected chi connectivity index (χ4v) is 3.46. The molecule has 1 saturated heterocycles. The molecule has 2 N–H and O–H groups in total. The SMILES string of the molecule is CCCn1cc(N)cc1C(=O)N1CCOC2CCCC21. The van der Waals surface area contributed by atoms with E-state index in [2.05, 4.69) is 6.92 Å². The maximum atomic E-state index is 12.8. The number of fused-ring (bicyclic) bond motifs is 1. The van der Waals surface area contributed by atoms with Gasteiger partial charge in [-0.15, -0.1) is 0 Å². The van der Waals surface area contributed by atoms with Crippen LogP contribution in [0.15, 0.2) is 12.3 Å². The first kappa shape index (κ1) is 13.5. The molecule has 110 valence electrons. The lowest BCUT2D eigenvalue weighted by Crippen LogP contribution is -2.51. The molecule has 3 rings (SSSR count). The number of anilines is 1. The van der Waals surface area contributed by atoms with Crippen LogP contribution in [0.25, 0.3) is 0 Å². The van der Waals surface area contributed by atoms with E-state index < -0.39 is 0 Å². The van der Waals surface area contributed by atoms with Gasteiger partial charge < -0.3 is 19.9 Å². The van der Waals surface area contributed by atoms with Crippen molar-refractivity contribution in [2.75, 3.05) is 18.9 Å². The molecule has 5 heteroatoms. The molecule has 2 atom stereocenters. The second-order valence-corrected chi connectivity index (χ2v) is 5.76. The van der Waals surface area contributed by atoms with E-state index in [0.29, 0.717) is 18.8 Å². The second-order valence-electron chi connectivity index (χ2n) is 5.76. The number of hydrogen-bond donors (Lipinski definition) is 1. The van der Waals surface area contributed by atoms with Gasteiger partial charge in [0.1, 0.15) is 5.69 Å². The highest BCUT2D eigenvalue weighted by atomic mass is 16.5. The number of nitrogens with two attached hydrogens (primary N) is 1. The zero-order chi connectivity index (χ0) is 14.1. The summed E-state index contributed by atoms with van der Waals surface area (Å²) in [7, 11) is 0. The van der Waals surface area contributed by atoms with Crippen LogP contribution in [0.4, 0.5) is 5.69 Å². The summed E-state index contributed by atoms with van der Waals surface area (Å²) in [5, 5.41) is 0. The van der Waals surface area contributed by atoms with Crippen molar-refractivity contribution in [3.8, 4) is 0 Å². The molecule has 2 heterocycles. The molecule has 1 aliphatic heterocycles. The molecule has 1 amide bonds. The van der Waals surface area contributed by atoms with Gasteiger partial charge in [0.05, 0.1) is 24.4 Å². The van der Waals surface area contributed by atoms with E-state index in [4.69, 9.17) is 10.5 Å². The topological polar surface area (TPSA) is 60.5 Å². The Bertz CT molecular complexity index is 497. The fraction of sp³-hybridized carbons (Fsp3) is 0.667. The molecule has 20 heavy (non-hydrogen) atoms. The highest BCUT2D eigenvalue weighted by Crippen LogP contribution is 2.31. The molecule has 0 spiro atoms. The predicted molar refractivity (Wildman–Crippen MR) is 77.6 cm³/mol. The van der Waals surface area contributed by atoms with Crippen molar-refractivity contribution in [3.63, 3.8) is 0 Å². The standard InChI is InChI=1S/C15H23N3O2/c1-2-6-17-10-11(16)9-13(17)15(19)18-7-8-20-14-5-3-4-12(14)18/h9-10,12,14H,2-8,16H2,1H3. The zero-order valence-electron chi connectivity index (χ0n) is 12.0. The number of amides is 1. The van der Waals surface area contributed by atoms with Crippen LogP contribution in [-0.4, -0.2) is 40.7 Å². The van der Waals surface area contributed by atoms with Crippen LogP contribution in [0.5, 0.6) is 0 Å². The molecule has 2 unspecified atom stereocenters. The van der Waals surface area contributed by atoms with Crippen molar-refractivity contribution in [1.82, 2.24) is 9.47 Å². The number of morpholine rings is 1. The summed E-state index contributed by atoms with van der Waals surface area (Å²) in [6.45, 7) is 4.27. The van der Waals surface area contributed by atoms with Crippen molar-refractivity contribution < 1.29 is 9.53 Å². The summed E-state index contributed by atoms with van der Waals surface area (Å²) in [6, 6.07) is 2.06. The average Bonchev–Trinajstić information content (AvgIpc) is 3.04. The molecule has 2 aliphatic rings. The van der Waals surface area contributed by atoms with Gasteiger partial charge in [0.15, 0.2) is 0 Å². The average molecular weight is 277 g/mol. The van der Waals surface area contributed by atoms with E-state index in [-0.39, 0.29) is 18.1 Å². The Morgan fingerprint density at radius 2 is 2.35 bits per heavy atom. The first-order chi connectivity index (χ1) is 9.70. The van der Waals surface area contributed by atoms with Gasteiger partial charge in [-0.1, -0.05) is 6.92 Å². The molecule has 1 aliphatic carbocycles. The quantitative estimate of drug-likeness (QED) is 0.917. The Labute approximate surface area is 119 Å². The molecule has 1 saturated carbocycles. The third-order valence-corrected chi connectivity index (χ3v) is 4.34. The van der Waals surface area contributed by atoms with E-state index >= 15 is 0 Å². The van der Waals surface area contributed by atoms with Crippen LogP contribution in [-0.2, 0) is 11.3 Å². The van der Waals surface area contributed by atoms with Gasteiger partial charge in [-0.25, -0.2) is 0 Å². The maximum Gasteiger partial charge on any atom is 0.270 e. The largest absolute Gasteiger partial charge is 0.397 e. The summed E-state index contributed by atoms with van der Waals surface area (Å²) in [4.78, 5) is 14.8. The van der Waals surface area contributed by atoms with Gasteiger partial charge in [-0.05, 0) is 31.7 Å². The minimum Gasteiger partial charge on any atom is -0.397 e. The minimum absolute atomic E-state index is 0.107. The Balaban J connectivity index is 1.84. The smallest absolute Gasteiger partial charge is 0.270 e. The van der Waals surface area contributed by atoms with Crippen LogP contribution < -0.4 is 5.73 Å². The molecule has 0 bridgehead atoms. The fourth-order valence-electron chi connectivity index (χ4n) is 3.46. The van der Waals surface area contributed by atoms with Gasteiger partial charge in [-0.2, -0.15) is 0 Å². The molecule has 0 aromatic carbocycles. The lowest BCUT2D eigenvalue weighted by molar-refractivity contribution is -0.0448. The number of nitrogens with zero attached hydrogens (tertiary/aromatic N) is 2. The monoisotopic (exact) mass is 277 g/mol. The lowest BCUT2D eigenvalue weighted by Gasteiger charge is -2.37. The van der Waals surface area contributed by atoms with Gasteiger partial charge in [0, 0.05) is 19.3 Å². The molecule has 0 radical (unpaired) electrons. The van der Waals surface area contributed by atoms with Gasteiger partial charge in [0.2, 0.25) is 0 Å². The molecular weight excluding hydrogens is 254 g/mol. The Morgan fingerprint density at radius 3 is 3.15 bits per heavy atom. The normalized spacial score (nSPS) is 25.8. The zero-order valence-corrected chi connectivity index (χ0v) is 12.0. The number of carbonyl (C=O) groups excluding carboxylic acids is 1. The molecule has 5 nitrogen and oxygen atoms in total. The van der Waals surface area contributed by atoms with E-state index in [9.17, 15) is 4.79 Å². The Kier molecular flexibility index (Phi) is 3.70. The van der Waals surface area contributed by atoms with Crippen molar-refractivity contribution in [2.24, 2.45) is 0 Å². The van der Waals surface area contributed by atoms with E-state index in [1.54, 1.807) is 6.07 Å². The van der Waals surface area contributed by atoms with Crippen LogP contribution in [0.1, 0.15) is 43.1 Å². The molecule has 1 aromatic heterocycles. The number of carbonyl (C=O) groups is 1. The van der Waals surface area contributed by atoms with E-state index in [1.807, 2.05) is 15.7 Å². The summed E-state index contributed by atoms with van der Waals surface area (Å²) in [5.74, 6) is 0.107. The van der Waals surface area contributed by atoms with E-state index in [0.717, 1.165) is 37.9 Å². The van der Waals surface area contributed by atoms with Crippen molar-refractivity contribution in [3.05, 3.63) is 18.0 Å². The molecular formula is C15H23N3O2. The van der Waals surface area contributed by atoms with Gasteiger partial charge in [-0.3, -0.25) is 4.79 Å². The number of ether oxygens (including phenoxy) is 1. The molecule has 2 fully saturated rings. The van der Waals surface area contributed by atoms with Crippen molar-refractivity contribution in [1.29, 1.82) is 0 Å². The first-order valence-corrected chi connectivity index (χ1v) is 7.59. The number of hydrogen-bond acceptors (Lipinski definition) is 3. The van der Waals surface area contributed by atoms with Gasteiger partial charge >= 0.3 is 0 Å². The summed E-state index contributed by atoms with van der Waals surface area (Å²) in [6.07, 6.45) is 6.37. The lowest BCUT2D eigenvalue weighted by atomic mass is 10.1. The maximum absolute atomic E-state index is 12.8. The predicted octanol–water partition coefficient (Wildman–Crippen LogP) is 1.87. The second kappa shape index (κ2) is 5.48. The van der Waals surface area contributed by atoms with Gasteiger partial charge in [0.25, 0.3) is 5.91 Å². The van der Waals surface area contributed by atoms with Crippen LogP contribution >= 0.6 is 0 Å². The Morgan fingerprint density at radius 1 is 1.50 bits per heavy atom. The third-order valence-electron chi connectivity index (χ3n) is 4.34. The Hall–Kier alpha value is -1.49. The summed E-state index contributed by atoms with van der Waals surface area (Å²) in [5.41, 5.74) is 7.25. The third kappa shape index (κ3) is 2.30. The molecule has 1 aromatic rings. The first-order valence-electron chi connectivity index (χ1n) is 7.59. The number of nitrogen functional groups attached to an aromatic ring is 1. The number of aryl methyl sites for hydroxylation is 1. The van der Waals surface area contributed by atoms with Crippen LogP contribution in [0.2, 0.25) is 0 Å². The number of rotatable bonds is 3. The van der Waals surface area contributed by atoms with Crippen LogP contribution in [0.3, 0.4) is 0 Å². The highest BCUT2D eigenvalue weighted by Gasteiger charge is 2.39. The summed E-state index contributed by atoms with van der Waals surface area (Å²) >= 11 is 0. The van der Waals surface area contributed by atoms with Crippen molar-refractivity contribution >= 4 is 11.6 Å². The highest BCUT2D eigenvalue weighted by molar-refractivity contribution is 5.94. The van der Waals surface area contributed by atoms with Crippen molar-refractivity contribution in [2.45, 2.75) is 51.3 Å². The number of aromatic nitrogens is 1. The summed E-state index contributed by atoms with van der Waals surface area (Å²) < 4.78 is 7.76. The minimum atomic E-state index is 0.107. The van der Waals surface area contributed by atoms with Crippen LogP contribution in [0, 0.1) is 0 Å².